The van der Waals surface area contributed by atoms with Crippen molar-refractivity contribution in [1.82, 2.24) is 19.5 Å². The van der Waals surface area contributed by atoms with Crippen LogP contribution < -0.4 is 10.5 Å². The first kappa shape index (κ1) is 15.7. The molecule has 1 aromatic heterocycles. The molecule has 0 saturated heterocycles. The number of aromatic nitrogens is 3. The summed E-state index contributed by atoms with van der Waals surface area (Å²) >= 11 is 5.60. The van der Waals surface area contributed by atoms with Gasteiger partial charge in [-0.05, 0) is 19.1 Å². The van der Waals surface area contributed by atoms with Crippen LogP contribution in [0.25, 0.3) is 0 Å². The van der Waals surface area contributed by atoms with E-state index in [2.05, 4.69) is 14.9 Å². The number of rotatable bonds is 5. The molecule has 3 N–H and O–H groups in total. The lowest BCUT2D eigenvalue weighted by Crippen LogP contribution is -2.26. The van der Waals surface area contributed by atoms with E-state index in [4.69, 9.17) is 17.3 Å². The molecule has 114 valence electrons. The van der Waals surface area contributed by atoms with Crippen molar-refractivity contribution in [3.8, 4) is 0 Å². The molecule has 10 heteroatoms. The fourth-order valence-corrected chi connectivity index (χ4v) is 3.09. The van der Waals surface area contributed by atoms with Crippen LogP contribution in [0.1, 0.15) is 12.7 Å². The maximum absolute atomic E-state index is 13.8. The molecule has 1 heterocycles. The van der Waals surface area contributed by atoms with Gasteiger partial charge < -0.3 is 10.3 Å². The third kappa shape index (κ3) is 3.31. The van der Waals surface area contributed by atoms with Crippen molar-refractivity contribution in [3.63, 3.8) is 0 Å². The van der Waals surface area contributed by atoms with Gasteiger partial charge in [0.15, 0.2) is 5.82 Å². The molecule has 7 nitrogen and oxygen atoms in total. The summed E-state index contributed by atoms with van der Waals surface area (Å²) in [5.74, 6) is -0.633. The Bertz CT molecular complexity index is 762. The van der Waals surface area contributed by atoms with Crippen LogP contribution in [0.3, 0.4) is 0 Å². The lowest BCUT2D eigenvalue weighted by molar-refractivity contribution is 0.553. The summed E-state index contributed by atoms with van der Waals surface area (Å²) in [6.07, 6.45) is 1.47. The summed E-state index contributed by atoms with van der Waals surface area (Å²) < 4.78 is 42.0. The summed E-state index contributed by atoms with van der Waals surface area (Å²) in [6.45, 7) is 2.32. The molecule has 0 bridgehead atoms. The Morgan fingerprint density at radius 1 is 1.48 bits per heavy atom. The molecule has 21 heavy (non-hydrogen) atoms. The number of nitrogen functional groups attached to an aromatic ring is 1. The van der Waals surface area contributed by atoms with E-state index in [0.717, 1.165) is 12.1 Å². The molecule has 0 aliphatic carbocycles. The van der Waals surface area contributed by atoms with Crippen LogP contribution in [0, 0.1) is 5.82 Å². The maximum atomic E-state index is 13.8. The molecule has 0 unspecified atom stereocenters. The Labute approximate surface area is 126 Å². The van der Waals surface area contributed by atoms with Crippen molar-refractivity contribution < 1.29 is 12.8 Å². The lowest BCUT2D eigenvalue weighted by atomic mass is 10.3. The Morgan fingerprint density at radius 3 is 2.86 bits per heavy atom. The molecule has 0 amide bonds. The number of anilines is 1. The molecule has 0 aliphatic heterocycles. The van der Waals surface area contributed by atoms with Crippen LogP contribution in [-0.2, 0) is 23.1 Å². The van der Waals surface area contributed by atoms with Crippen molar-refractivity contribution in [2.75, 3.05) is 5.73 Å². The van der Waals surface area contributed by atoms with E-state index >= 15 is 0 Å². The SMILES string of the molecule is CCn1cnnc1CNS(=O)(=O)c1cc(N)cc(Cl)c1F. The quantitative estimate of drug-likeness (QED) is 0.799. The minimum Gasteiger partial charge on any atom is -0.399 e. The molecule has 2 rings (SSSR count). The highest BCUT2D eigenvalue weighted by Gasteiger charge is 2.22. The van der Waals surface area contributed by atoms with Gasteiger partial charge in [0.25, 0.3) is 0 Å². The van der Waals surface area contributed by atoms with Crippen LogP contribution in [0.4, 0.5) is 10.1 Å². The Balaban J connectivity index is 2.27. The van der Waals surface area contributed by atoms with E-state index in [-0.39, 0.29) is 17.3 Å². The fraction of sp³-hybridized carbons (Fsp3) is 0.273. The number of benzene rings is 1. The van der Waals surface area contributed by atoms with E-state index in [0.29, 0.717) is 12.4 Å². The van der Waals surface area contributed by atoms with Crippen molar-refractivity contribution in [2.45, 2.75) is 24.9 Å². The topological polar surface area (TPSA) is 103 Å². The van der Waals surface area contributed by atoms with Gasteiger partial charge in [0.05, 0.1) is 11.6 Å². The highest BCUT2D eigenvalue weighted by Crippen LogP contribution is 2.25. The van der Waals surface area contributed by atoms with E-state index in [1.165, 1.54) is 6.33 Å². The molecular formula is C11H13ClFN5O2S. The number of aryl methyl sites for hydroxylation is 1. The smallest absolute Gasteiger partial charge is 0.244 e. The van der Waals surface area contributed by atoms with Crippen LogP contribution in [0.15, 0.2) is 23.4 Å². The van der Waals surface area contributed by atoms with Gasteiger partial charge >= 0.3 is 0 Å². The van der Waals surface area contributed by atoms with Gasteiger partial charge in [-0.25, -0.2) is 17.5 Å². The number of hydrogen-bond acceptors (Lipinski definition) is 5. The summed E-state index contributed by atoms with van der Waals surface area (Å²) in [7, 11) is -4.11. The molecule has 0 atom stereocenters. The second kappa shape index (κ2) is 5.96. The molecular weight excluding hydrogens is 321 g/mol. The largest absolute Gasteiger partial charge is 0.399 e. The molecule has 0 fully saturated rings. The Hall–Kier alpha value is -1.71. The third-order valence-corrected chi connectivity index (χ3v) is 4.44. The van der Waals surface area contributed by atoms with Gasteiger partial charge in [0.1, 0.15) is 17.0 Å². The molecule has 0 aliphatic rings. The summed E-state index contributed by atoms with van der Waals surface area (Å²) in [6, 6.07) is 2.15. The minimum atomic E-state index is -4.11. The minimum absolute atomic E-state index is 0.0542. The van der Waals surface area contributed by atoms with Gasteiger partial charge in [0.2, 0.25) is 10.0 Å². The normalized spacial score (nSPS) is 11.8. The highest BCUT2D eigenvalue weighted by atomic mass is 35.5. The Morgan fingerprint density at radius 2 is 2.19 bits per heavy atom. The van der Waals surface area contributed by atoms with Gasteiger partial charge in [-0.3, -0.25) is 0 Å². The molecule has 0 saturated carbocycles. The first-order chi connectivity index (χ1) is 9.85. The number of nitrogens with zero attached hydrogens (tertiary/aromatic N) is 3. The average molecular weight is 334 g/mol. The van der Waals surface area contributed by atoms with E-state index < -0.39 is 20.7 Å². The summed E-state index contributed by atoms with van der Waals surface area (Å²) in [5, 5.41) is 7.10. The first-order valence-corrected chi connectivity index (χ1v) is 7.82. The zero-order valence-corrected chi connectivity index (χ0v) is 12.6. The lowest BCUT2D eigenvalue weighted by Gasteiger charge is -2.09. The Kier molecular flexibility index (Phi) is 4.45. The van der Waals surface area contributed by atoms with E-state index in [1.54, 1.807) is 4.57 Å². The monoisotopic (exact) mass is 333 g/mol. The maximum Gasteiger partial charge on any atom is 0.244 e. The number of hydrogen-bond donors (Lipinski definition) is 2. The number of nitrogens with two attached hydrogens (primary N) is 1. The number of nitrogens with one attached hydrogen (secondary N) is 1. The predicted molar refractivity (Wildman–Crippen MR) is 75.5 cm³/mol. The second-order valence-corrected chi connectivity index (χ2v) is 6.32. The first-order valence-electron chi connectivity index (χ1n) is 5.96. The van der Waals surface area contributed by atoms with Gasteiger partial charge in [0, 0.05) is 12.2 Å². The summed E-state index contributed by atoms with van der Waals surface area (Å²) in [5.41, 5.74) is 5.55. The van der Waals surface area contributed by atoms with Gasteiger partial charge in [-0.1, -0.05) is 11.6 Å². The molecule has 2 aromatic rings. The van der Waals surface area contributed by atoms with Crippen molar-refractivity contribution in [3.05, 3.63) is 35.1 Å². The van der Waals surface area contributed by atoms with E-state index in [1.807, 2.05) is 6.92 Å². The van der Waals surface area contributed by atoms with Crippen molar-refractivity contribution >= 4 is 27.3 Å². The summed E-state index contributed by atoms with van der Waals surface area (Å²) in [4.78, 5) is -0.602. The van der Waals surface area contributed by atoms with E-state index in [9.17, 15) is 12.8 Å². The van der Waals surface area contributed by atoms with Gasteiger partial charge in [-0.2, -0.15) is 0 Å². The zero-order valence-electron chi connectivity index (χ0n) is 11.0. The predicted octanol–water partition coefficient (Wildman–Crippen LogP) is 1.15. The fourth-order valence-electron chi connectivity index (χ4n) is 1.70. The molecule has 1 aromatic carbocycles. The zero-order chi connectivity index (χ0) is 15.6. The van der Waals surface area contributed by atoms with Crippen LogP contribution in [-0.4, -0.2) is 23.2 Å². The van der Waals surface area contributed by atoms with Crippen LogP contribution in [0.2, 0.25) is 5.02 Å². The number of sulfonamides is 1. The second-order valence-electron chi connectivity index (χ2n) is 4.17. The number of halogens is 2. The molecule has 0 radical (unpaired) electrons. The van der Waals surface area contributed by atoms with Crippen LogP contribution >= 0.6 is 11.6 Å². The standard InChI is InChI=1S/C11H13ClFN5O2S/c1-2-18-6-15-17-10(18)5-16-21(19,20)9-4-7(14)3-8(12)11(9)13/h3-4,6,16H,2,5,14H2,1H3. The van der Waals surface area contributed by atoms with Crippen molar-refractivity contribution in [2.24, 2.45) is 0 Å². The average Bonchev–Trinajstić information content (AvgIpc) is 2.88. The highest BCUT2D eigenvalue weighted by molar-refractivity contribution is 7.89. The molecule has 0 spiro atoms. The van der Waals surface area contributed by atoms with Crippen LogP contribution in [0.5, 0.6) is 0 Å². The van der Waals surface area contributed by atoms with Gasteiger partial charge in [-0.15, -0.1) is 10.2 Å². The van der Waals surface area contributed by atoms with Crippen molar-refractivity contribution in [1.29, 1.82) is 0 Å². The third-order valence-electron chi connectivity index (χ3n) is 2.76.